The maximum atomic E-state index is 15.3. The van der Waals surface area contributed by atoms with Crippen LogP contribution in [0.25, 0.3) is 16.6 Å². The van der Waals surface area contributed by atoms with Gasteiger partial charge in [0.2, 0.25) is 0 Å². The van der Waals surface area contributed by atoms with Crippen molar-refractivity contribution < 1.29 is 8.78 Å². The normalized spacial score (nSPS) is 14.8. The number of hydrogen-bond acceptors (Lipinski definition) is 6. The Morgan fingerprint density at radius 1 is 1.23 bits per heavy atom. The molecule has 3 aromatic rings. The van der Waals surface area contributed by atoms with Gasteiger partial charge in [-0.15, -0.1) is 0 Å². The summed E-state index contributed by atoms with van der Waals surface area (Å²) in [6.07, 6.45) is 2.85. The van der Waals surface area contributed by atoms with Crippen LogP contribution in [0.15, 0.2) is 40.1 Å². The average Bonchev–Trinajstić information content (AvgIpc) is 3.26. The van der Waals surface area contributed by atoms with Crippen LogP contribution < -0.4 is 5.73 Å². The Bertz CT molecular complexity index is 1370. The molecule has 8 nitrogen and oxygen atoms in total. The molecule has 0 spiro atoms. The van der Waals surface area contributed by atoms with Crippen molar-refractivity contribution in [3.63, 3.8) is 0 Å². The highest BCUT2D eigenvalue weighted by molar-refractivity contribution is 5.94. The first-order valence-corrected chi connectivity index (χ1v) is 13.4. The molecule has 0 saturated heterocycles. The lowest BCUT2D eigenvalue weighted by molar-refractivity contribution is 0.224. The Labute approximate surface area is 229 Å². The quantitative estimate of drug-likeness (QED) is 0.314. The number of aliphatic imine (C=N–C) groups is 2. The molecule has 0 bridgehead atoms. The van der Waals surface area contributed by atoms with Gasteiger partial charge in [-0.05, 0) is 43.8 Å². The zero-order valence-corrected chi connectivity index (χ0v) is 24.0. The monoisotopic (exact) mass is 538 g/mol. The first-order valence-electron chi connectivity index (χ1n) is 13.4. The van der Waals surface area contributed by atoms with E-state index in [9.17, 15) is 4.39 Å². The summed E-state index contributed by atoms with van der Waals surface area (Å²) in [6, 6.07) is 6.68. The number of nitrogens with zero attached hydrogens (tertiary/aromatic N) is 7. The van der Waals surface area contributed by atoms with Gasteiger partial charge in [0.1, 0.15) is 11.2 Å². The Morgan fingerprint density at radius 2 is 1.97 bits per heavy atom. The topological polar surface area (TPSA) is 87.9 Å². The minimum absolute atomic E-state index is 0.0941. The van der Waals surface area contributed by atoms with E-state index in [-0.39, 0.29) is 22.7 Å². The predicted molar refractivity (Wildman–Crippen MR) is 157 cm³/mol. The van der Waals surface area contributed by atoms with Crippen LogP contribution in [0.2, 0.25) is 0 Å². The number of aromatic nitrogens is 3. The smallest absolute Gasteiger partial charge is 0.167 e. The van der Waals surface area contributed by atoms with E-state index in [1.165, 1.54) is 6.07 Å². The van der Waals surface area contributed by atoms with Crippen molar-refractivity contribution >= 4 is 35.0 Å². The van der Waals surface area contributed by atoms with E-state index in [1.807, 2.05) is 33.8 Å². The first-order chi connectivity index (χ1) is 18.7. The summed E-state index contributed by atoms with van der Waals surface area (Å²) in [6.45, 7) is 11.7. The molecule has 1 aromatic carbocycles. The maximum absolute atomic E-state index is 15.3. The minimum Gasteiger partial charge on any atom is -0.390 e. The number of halogens is 2. The zero-order valence-electron chi connectivity index (χ0n) is 24.0. The van der Waals surface area contributed by atoms with E-state index < -0.39 is 11.6 Å². The third-order valence-electron chi connectivity index (χ3n) is 6.47. The second kappa shape index (κ2) is 13.5. The Hall–Kier alpha value is -3.50. The second-order valence-electron chi connectivity index (χ2n) is 9.86. The molecule has 0 unspecified atom stereocenters. The van der Waals surface area contributed by atoms with Gasteiger partial charge in [0, 0.05) is 62.0 Å². The lowest BCUT2D eigenvalue weighted by atomic mass is 10.0. The summed E-state index contributed by atoms with van der Waals surface area (Å²) in [4.78, 5) is 17.4. The van der Waals surface area contributed by atoms with Crippen LogP contribution in [0.4, 0.5) is 14.6 Å². The number of hydrogen-bond donors (Lipinski definition) is 1. The molecule has 10 heteroatoms. The third-order valence-corrected chi connectivity index (χ3v) is 6.47. The van der Waals surface area contributed by atoms with Crippen LogP contribution in [0.5, 0.6) is 0 Å². The lowest BCUT2D eigenvalue weighted by Gasteiger charge is -2.29. The summed E-state index contributed by atoms with van der Waals surface area (Å²) in [5.41, 5.74) is 8.87. The molecule has 4 rings (SSSR count). The van der Waals surface area contributed by atoms with Crippen molar-refractivity contribution in [2.75, 3.05) is 33.7 Å². The highest BCUT2D eigenvalue weighted by Crippen LogP contribution is 2.31. The van der Waals surface area contributed by atoms with Gasteiger partial charge in [-0.1, -0.05) is 33.8 Å². The predicted octanol–water partition coefficient (Wildman–Crippen LogP) is 5.20. The Morgan fingerprint density at radius 3 is 2.64 bits per heavy atom. The third kappa shape index (κ3) is 7.13. The SMILES string of the molecule is CC.CC(C)c1c2cc(/C(N=CN)=C(\F)C=Nc3ccc4c(n3)CCN(CCN(C)C)C4)cc(F)c2nn1C. The average molecular weight is 539 g/mol. The van der Waals surface area contributed by atoms with Crippen molar-refractivity contribution in [3.8, 4) is 0 Å². The van der Waals surface area contributed by atoms with Gasteiger partial charge in [-0.3, -0.25) is 9.58 Å². The zero-order chi connectivity index (χ0) is 28.7. The summed E-state index contributed by atoms with van der Waals surface area (Å²) in [5.74, 6) is -0.801. The fourth-order valence-corrected chi connectivity index (χ4v) is 4.70. The molecule has 0 radical (unpaired) electrons. The molecular formula is C29H40F2N8. The molecule has 39 heavy (non-hydrogen) atoms. The first kappa shape index (κ1) is 30.0. The van der Waals surface area contributed by atoms with Crippen molar-refractivity contribution in [3.05, 3.63) is 58.4 Å². The molecule has 1 aliphatic heterocycles. The Balaban J connectivity index is 0.00000205. The second-order valence-corrected chi connectivity index (χ2v) is 9.86. The van der Waals surface area contributed by atoms with Gasteiger partial charge in [0.05, 0.1) is 12.6 Å². The van der Waals surface area contributed by atoms with E-state index in [0.717, 1.165) is 62.1 Å². The molecule has 0 amide bonds. The molecule has 0 aliphatic carbocycles. The van der Waals surface area contributed by atoms with E-state index >= 15 is 4.39 Å². The molecule has 0 saturated carbocycles. The van der Waals surface area contributed by atoms with Gasteiger partial charge in [-0.2, -0.15) is 5.10 Å². The standard InChI is InChI=1S/C27H34F2N8.C2H6/c1-17(2)27-20-12-19(13-21(28)26(20)34-36(27)5)25(32-16-30)22(29)14-31-24-7-6-18-15-37(11-10-35(3)4)9-8-23(18)33-24;1-2/h6-7,12-14,16-17H,8-11,15H2,1-5H3,(H2,30,32);1-2H3/b25-22+,31-14?;. The van der Waals surface area contributed by atoms with Gasteiger partial charge in [0.25, 0.3) is 0 Å². The van der Waals surface area contributed by atoms with Gasteiger partial charge in [-0.25, -0.2) is 23.7 Å². The van der Waals surface area contributed by atoms with Gasteiger partial charge >= 0.3 is 0 Å². The number of fused-ring (bicyclic) bond motifs is 2. The van der Waals surface area contributed by atoms with Crippen molar-refractivity contribution in [1.82, 2.24) is 24.6 Å². The summed E-state index contributed by atoms with van der Waals surface area (Å²) >= 11 is 0. The number of rotatable bonds is 8. The number of pyridine rings is 1. The summed E-state index contributed by atoms with van der Waals surface area (Å²) in [5, 5.41) is 4.90. The molecule has 210 valence electrons. The van der Waals surface area contributed by atoms with E-state index in [2.05, 4.69) is 44.0 Å². The number of allylic oxidation sites excluding steroid dienone is 1. The summed E-state index contributed by atoms with van der Waals surface area (Å²) in [7, 11) is 5.90. The molecule has 2 aromatic heterocycles. The number of nitrogens with two attached hydrogens (primary N) is 1. The highest BCUT2D eigenvalue weighted by Gasteiger charge is 2.20. The van der Waals surface area contributed by atoms with E-state index in [4.69, 9.17) is 5.73 Å². The van der Waals surface area contributed by atoms with Crippen molar-refractivity contribution in [2.45, 2.75) is 46.6 Å². The van der Waals surface area contributed by atoms with Crippen LogP contribution in [-0.2, 0) is 20.0 Å². The van der Waals surface area contributed by atoms with Crippen LogP contribution in [-0.4, -0.2) is 70.8 Å². The van der Waals surface area contributed by atoms with E-state index in [1.54, 1.807) is 23.9 Å². The molecule has 1 aliphatic rings. The molecule has 0 atom stereocenters. The van der Waals surface area contributed by atoms with Gasteiger partial charge < -0.3 is 10.6 Å². The van der Waals surface area contributed by atoms with Crippen LogP contribution >= 0.6 is 0 Å². The van der Waals surface area contributed by atoms with Crippen LogP contribution in [0.1, 0.15) is 56.1 Å². The highest BCUT2D eigenvalue weighted by atomic mass is 19.1. The van der Waals surface area contributed by atoms with Gasteiger partial charge in [0.15, 0.2) is 17.5 Å². The maximum Gasteiger partial charge on any atom is 0.167 e. The number of aryl methyl sites for hydroxylation is 1. The number of likely N-dealkylation sites (N-methyl/N-ethyl adjacent to an activating group) is 1. The van der Waals surface area contributed by atoms with Crippen LogP contribution in [0.3, 0.4) is 0 Å². The molecule has 3 heterocycles. The van der Waals surface area contributed by atoms with Crippen LogP contribution in [0, 0.1) is 5.82 Å². The minimum atomic E-state index is -0.746. The largest absolute Gasteiger partial charge is 0.390 e. The molecular weight excluding hydrogens is 498 g/mol. The molecule has 2 N–H and O–H groups in total. The van der Waals surface area contributed by atoms with Crippen molar-refractivity contribution in [1.29, 1.82) is 0 Å². The Kier molecular flexibility index (Phi) is 10.4. The lowest BCUT2D eigenvalue weighted by Crippen LogP contribution is -2.36. The fourth-order valence-electron chi connectivity index (χ4n) is 4.70. The number of benzene rings is 1. The molecule has 0 fully saturated rings. The van der Waals surface area contributed by atoms with E-state index in [0.29, 0.717) is 11.2 Å². The van der Waals surface area contributed by atoms with Crippen molar-refractivity contribution in [2.24, 2.45) is 22.8 Å². The fraction of sp³-hybridized carbons (Fsp3) is 0.448. The summed E-state index contributed by atoms with van der Waals surface area (Å²) < 4.78 is 31.9.